The topological polar surface area (TPSA) is 38.3 Å². The number of ether oxygens (including phenoxy) is 1. The molecule has 3 nitrogen and oxygen atoms in total. The van der Waals surface area contributed by atoms with Crippen LogP contribution in [0.25, 0.3) is 0 Å². The van der Waals surface area contributed by atoms with Gasteiger partial charge in [-0.1, -0.05) is 11.6 Å². The summed E-state index contributed by atoms with van der Waals surface area (Å²) in [6.07, 6.45) is 0. The quantitative estimate of drug-likeness (QED) is 0.919. The first-order chi connectivity index (χ1) is 10.0. The first kappa shape index (κ1) is 15.0. The van der Waals surface area contributed by atoms with Crippen molar-refractivity contribution in [1.82, 2.24) is 0 Å². The summed E-state index contributed by atoms with van der Waals surface area (Å²) < 4.78 is 19.1. The van der Waals surface area contributed by atoms with E-state index in [1.165, 1.54) is 12.1 Å². The number of rotatable bonds is 4. The van der Waals surface area contributed by atoms with Gasteiger partial charge in [-0.2, -0.15) is 0 Å². The van der Waals surface area contributed by atoms with Crippen molar-refractivity contribution < 1.29 is 13.9 Å². The van der Waals surface area contributed by atoms with Gasteiger partial charge in [0.2, 0.25) is 0 Å². The van der Waals surface area contributed by atoms with Gasteiger partial charge in [-0.25, -0.2) is 4.39 Å². The van der Waals surface area contributed by atoms with Crippen LogP contribution in [0.15, 0.2) is 36.4 Å². The number of anilines is 1. The summed E-state index contributed by atoms with van der Waals surface area (Å²) >= 11 is 0. The summed E-state index contributed by atoms with van der Waals surface area (Å²) in [7, 11) is 0. The number of benzene rings is 2. The van der Waals surface area contributed by atoms with Gasteiger partial charge in [0.05, 0.1) is 12.2 Å². The van der Waals surface area contributed by atoms with Gasteiger partial charge in [0.15, 0.2) is 0 Å². The highest BCUT2D eigenvalue weighted by atomic mass is 19.1. The fraction of sp³-hybridized carbons (Fsp3) is 0.235. The van der Waals surface area contributed by atoms with Crippen LogP contribution in [-0.2, 0) is 0 Å². The Morgan fingerprint density at radius 1 is 1.19 bits per heavy atom. The van der Waals surface area contributed by atoms with E-state index >= 15 is 0 Å². The molecule has 0 unspecified atom stereocenters. The van der Waals surface area contributed by atoms with Crippen LogP contribution in [0.5, 0.6) is 5.75 Å². The van der Waals surface area contributed by atoms with Gasteiger partial charge in [0, 0.05) is 5.69 Å². The fourth-order valence-electron chi connectivity index (χ4n) is 2.04. The third-order valence-corrected chi connectivity index (χ3v) is 3.12. The first-order valence-corrected chi connectivity index (χ1v) is 6.82. The molecule has 0 atom stereocenters. The average molecular weight is 287 g/mol. The summed E-state index contributed by atoms with van der Waals surface area (Å²) in [5.74, 6) is -0.236. The molecule has 0 aliphatic heterocycles. The van der Waals surface area contributed by atoms with Crippen LogP contribution >= 0.6 is 0 Å². The van der Waals surface area contributed by atoms with Crippen LogP contribution in [0.2, 0.25) is 0 Å². The van der Waals surface area contributed by atoms with Crippen LogP contribution in [0.4, 0.5) is 10.1 Å². The molecule has 1 amide bonds. The zero-order valence-electron chi connectivity index (χ0n) is 12.4. The molecule has 0 fully saturated rings. The van der Waals surface area contributed by atoms with Crippen molar-refractivity contribution in [3.05, 3.63) is 58.9 Å². The molecule has 2 rings (SSSR count). The van der Waals surface area contributed by atoms with Crippen LogP contribution in [-0.4, -0.2) is 12.5 Å². The number of aryl methyl sites for hydroxylation is 2. The molecule has 0 saturated carbocycles. The van der Waals surface area contributed by atoms with Crippen molar-refractivity contribution in [3.63, 3.8) is 0 Å². The number of carbonyl (C=O) groups is 1. The SMILES string of the molecule is CCOc1ccc(NC(=O)c2cc(C)ccc2F)c(C)c1. The molecule has 1 N–H and O–H groups in total. The molecule has 0 aliphatic carbocycles. The van der Waals surface area contributed by atoms with E-state index in [2.05, 4.69) is 5.32 Å². The van der Waals surface area contributed by atoms with E-state index in [0.29, 0.717) is 12.3 Å². The van der Waals surface area contributed by atoms with Gasteiger partial charge in [-0.15, -0.1) is 0 Å². The summed E-state index contributed by atoms with van der Waals surface area (Å²) in [5.41, 5.74) is 2.39. The van der Waals surface area contributed by atoms with Crippen LogP contribution < -0.4 is 10.1 Å². The lowest BCUT2D eigenvalue weighted by Crippen LogP contribution is -2.14. The Morgan fingerprint density at radius 2 is 1.95 bits per heavy atom. The minimum atomic E-state index is -0.526. The lowest BCUT2D eigenvalue weighted by molar-refractivity contribution is 0.102. The van der Waals surface area contributed by atoms with Gasteiger partial charge >= 0.3 is 0 Å². The average Bonchev–Trinajstić information content (AvgIpc) is 2.44. The highest BCUT2D eigenvalue weighted by molar-refractivity contribution is 6.05. The standard InChI is InChI=1S/C17H18FNO2/c1-4-21-13-6-8-16(12(3)10-13)19-17(20)14-9-11(2)5-7-15(14)18/h5-10H,4H2,1-3H3,(H,19,20). The van der Waals surface area contributed by atoms with E-state index in [0.717, 1.165) is 16.9 Å². The number of hydrogen-bond acceptors (Lipinski definition) is 2. The van der Waals surface area contributed by atoms with E-state index in [9.17, 15) is 9.18 Å². The smallest absolute Gasteiger partial charge is 0.258 e. The van der Waals surface area contributed by atoms with E-state index in [1.807, 2.05) is 26.8 Å². The second kappa shape index (κ2) is 6.39. The third-order valence-electron chi connectivity index (χ3n) is 3.12. The molecule has 21 heavy (non-hydrogen) atoms. The Morgan fingerprint density at radius 3 is 2.62 bits per heavy atom. The Hall–Kier alpha value is -2.36. The van der Waals surface area contributed by atoms with Crippen molar-refractivity contribution >= 4 is 11.6 Å². The highest BCUT2D eigenvalue weighted by Crippen LogP contribution is 2.22. The molecule has 0 spiro atoms. The highest BCUT2D eigenvalue weighted by Gasteiger charge is 2.13. The van der Waals surface area contributed by atoms with E-state index in [1.54, 1.807) is 18.2 Å². The maximum atomic E-state index is 13.7. The van der Waals surface area contributed by atoms with Gasteiger partial charge in [0.1, 0.15) is 11.6 Å². The maximum Gasteiger partial charge on any atom is 0.258 e. The molecule has 2 aromatic rings. The molecule has 0 aromatic heterocycles. The Balaban J connectivity index is 2.21. The lowest BCUT2D eigenvalue weighted by atomic mass is 10.1. The molecule has 4 heteroatoms. The van der Waals surface area contributed by atoms with E-state index in [4.69, 9.17) is 4.74 Å². The molecule has 0 heterocycles. The van der Waals surface area contributed by atoms with E-state index in [-0.39, 0.29) is 5.56 Å². The molecular weight excluding hydrogens is 269 g/mol. The minimum absolute atomic E-state index is 0.0447. The number of hydrogen-bond donors (Lipinski definition) is 1. The monoisotopic (exact) mass is 287 g/mol. The molecule has 0 radical (unpaired) electrons. The number of carbonyl (C=O) groups excluding carboxylic acids is 1. The van der Waals surface area contributed by atoms with E-state index < -0.39 is 11.7 Å². The number of halogens is 1. The molecule has 110 valence electrons. The zero-order valence-corrected chi connectivity index (χ0v) is 12.4. The molecule has 2 aromatic carbocycles. The summed E-state index contributed by atoms with van der Waals surface area (Å²) in [4.78, 5) is 12.2. The predicted molar refractivity (Wildman–Crippen MR) is 81.4 cm³/mol. The minimum Gasteiger partial charge on any atom is -0.494 e. The second-order valence-corrected chi connectivity index (χ2v) is 4.85. The van der Waals surface area contributed by atoms with Crippen LogP contribution in [0.1, 0.15) is 28.4 Å². The molecule has 0 saturated heterocycles. The first-order valence-electron chi connectivity index (χ1n) is 6.82. The van der Waals surface area contributed by atoms with Gasteiger partial charge in [0.25, 0.3) is 5.91 Å². The fourth-order valence-corrected chi connectivity index (χ4v) is 2.04. The second-order valence-electron chi connectivity index (χ2n) is 4.85. The predicted octanol–water partition coefficient (Wildman–Crippen LogP) is 4.09. The van der Waals surface area contributed by atoms with Crippen molar-refractivity contribution in [2.24, 2.45) is 0 Å². The van der Waals surface area contributed by atoms with Crippen molar-refractivity contribution in [3.8, 4) is 5.75 Å². The summed E-state index contributed by atoms with van der Waals surface area (Å²) in [6.45, 7) is 6.17. The molecular formula is C17H18FNO2. The third kappa shape index (κ3) is 3.60. The van der Waals surface area contributed by atoms with Crippen LogP contribution in [0, 0.1) is 19.7 Å². The Labute approximate surface area is 123 Å². The molecule has 0 aliphatic rings. The Kier molecular flexibility index (Phi) is 4.58. The van der Waals surface area contributed by atoms with Gasteiger partial charge in [-0.3, -0.25) is 4.79 Å². The van der Waals surface area contributed by atoms with Crippen LogP contribution in [0.3, 0.4) is 0 Å². The van der Waals surface area contributed by atoms with Gasteiger partial charge in [-0.05, 0) is 56.7 Å². The summed E-state index contributed by atoms with van der Waals surface area (Å²) in [6, 6.07) is 9.84. The van der Waals surface area contributed by atoms with Crippen molar-refractivity contribution in [2.45, 2.75) is 20.8 Å². The maximum absolute atomic E-state index is 13.7. The van der Waals surface area contributed by atoms with Gasteiger partial charge < -0.3 is 10.1 Å². The molecule has 0 bridgehead atoms. The zero-order chi connectivity index (χ0) is 15.4. The Bertz CT molecular complexity index is 668. The van der Waals surface area contributed by atoms with Crippen molar-refractivity contribution in [1.29, 1.82) is 0 Å². The number of amides is 1. The number of nitrogens with one attached hydrogen (secondary N) is 1. The lowest BCUT2D eigenvalue weighted by Gasteiger charge is -2.11. The normalized spacial score (nSPS) is 10.3. The van der Waals surface area contributed by atoms with Crippen molar-refractivity contribution in [2.75, 3.05) is 11.9 Å². The largest absolute Gasteiger partial charge is 0.494 e. The summed E-state index contributed by atoms with van der Waals surface area (Å²) in [5, 5.41) is 2.73.